The Hall–Kier alpha value is 0.530. The van der Waals surface area contributed by atoms with E-state index in [1.54, 1.807) is 0 Å². The van der Waals surface area contributed by atoms with Gasteiger partial charge in [0.1, 0.15) is 0 Å². The number of aliphatic hydroxyl groups is 1. The van der Waals surface area contributed by atoms with E-state index in [2.05, 4.69) is 31.2 Å². The fourth-order valence-corrected chi connectivity index (χ4v) is 1.64. The van der Waals surface area contributed by atoms with Crippen molar-refractivity contribution in [2.24, 2.45) is 0 Å². The van der Waals surface area contributed by atoms with Crippen LogP contribution < -0.4 is 29.6 Å². The summed E-state index contributed by atoms with van der Waals surface area (Å²) in [4.78, 5) is 0. The van der Waals surface area contributed by atoms with Gasteiger partial charge in [0.05, 0.1) is 0 Å². The van der Waals surface area contributed by atoms with Gasteiger partial charge < -0.3 is 17.7 Å². The van der Waals surface area contributed by atoms with Crippen molar-refractivity contribution in [2.45, 2.75) is 38.7 Å². The second kappa shape index (κ2) is 7.78. The molecule has 0 aliphatic carbocycles. The maximum Gasteiger partial charge on any atom is 1.00 e. The normalized spacial score (nSPS) is 14.0. The molecular formula is C13H19NaOS. The van der Waals surface area contributed by atoms with Crippen molar-refractivity contribution >= 4 is 12.6 Å². The molecule has 3 heteroatoms. The summed E-state index contributed by atoms with van der Waals surface area (Å²) in [7, 11) is 0. The van der Waals surface area contributed by atoms with Crippen molar-refractivity contribution < 1.29 is 34.7 Å². The molecule has 84 valence electrons. The molecule has 1 rings (SSSR count). The van der Waals surface area contributed by atoms with E-state index in [1.807, 2.05) is 6.92 Å². The molecular weight excluding hydrogens is 227 g/mol. The van der Waals surface area contributed by atoms with Gasteiger partial charge in [0.2, 0.25) is 0 Å². The van der Waals surface area contributed by atoms with Gasteiger partial charge in [-0.1, -0.05) is 29.8 Å². The minimum Gasteiger partial charge on any atom is -0.790 e. The van der Waals surface area contributed by atoms with E-state index >= 15 is 0 Å². The zero-order valence-electron chi connectivity index (χ0n) is 10.5. The van der Waals surface area contributed by atoms with Gasteiger partial charge in [0, 0.05) is 5.60 Å². The Labute approximate surface area is 126 Å². The maximum absolute atomic E-state index is 9.74. The molecule has 0 amide bonds. The monoisotopic (exact) mass is 246 g/mol. The number of hydrogen-bond donors (Lipinski definition) is 1. The molecule has 0 fully saturated rings. The molecule has 0 aliphatic heterocycles. The first kappa shape index (κ1) is 16.5. The predicted molar refractivity (Wildman–Crippen MR) is 67.0 cm³/mol. The predicted octanol–water partition coefficient (Wildman–Crippen LogP) is -0.380. The molecule has 0 saturated heterocycles. The molecule has 1 atom stereocenters. The van der Waals surface area contributed by atoms with Gasteiger partial charge in [0.25, 0.3) is 0 Å². The summed E-state index contributed by atoms with van der Waals surface area (Å²) in [5.41, 5.74) is 1.96. The molecule has 0 heterocycles. The third-order valence-electron chi connectivity index (χ3n) is 2.61. The molecule has 1 unspecified atom stereocenters. The zero-order valence-corrected chi connectivity index (χ0v) is 13.3. The Morgan fingerprint density at radius 2 is 1.81 bits per heavy atom. The fraction of sp³-hybridized carbons (Fsp3) is 0.538. The van der Waals surface area contributed by atoms with E-state index in [4.69, 9.17) is 12.6 Å². The summed E-state index contributed by atoms with van der Waals surface area (Å²) in [6.45, 7) is 3.90. The van der Waals surface area contributed by atoms with E-state index in [-0.39, 0.29) is 29.6 Å². The van der Waals surface area contributed by atoms with E-state index in [0.29, 0.717) is 5.75 Å². The SMILES string of the molecule is Cc1ccc(CCCC(C)(O)C[S-])cc1.[Na+]. The molecule has 16 heavy (non-hydrogen) atoms. The number of rotatable bonds is 5. The minimum absolute atomic E-state index is 0. The van der Waals surface area contributed by atoms with Crippen LogP contribution in [-0.2, 0) is 19.0 Å². The van der Waals surface area contributed by atoms with Gasteiger partial charge in [-0.05, 0) is 38.7 Å². The van der Waals surface area contributed by atoms with Crippen LogP contribution in [0.15, 0.2) is 24.3 Å². The summed E-state index contributed by atoms with van der Waals surface area (Å²) in [6.07, 6.45) is 2.79. The van der Waals surface area contributed by atoms with Gasteiger partial charge in [-0.2, -0.15) is 0 Å². The Morgan fingerprint density at radius 1 is 1.25 bits per heavy atom. The topological polar surface area (TPSA) is 20.2 Å². The fourth-order valence-electron chi connectivity index (χ4n) is 1.50. The van der Waals surface area contributed by atoms with E-state index < -0.39 is 5.60 Å². The largest absolute Gasteiger partial charge is 1.00 e. The average molecular weight is 246 g/mol. The van der Waals surface area contributed by atoms with Crippen LogP contribution in [0.3, 0.4) is 0 Å². The van der Waals surface area contributed by atoms with E-state index in [9.17, 15) is 5.11 Å². The summed E-state index contributed by atoms with van der Waals surface area (Å²) < 4.78 is 0. The molecule has 0 saturated carbocycles. The van der Waals surface area contributed by atoms with Gasteiger partial charge in [0.15, 0.2) is 0 Å². The Morgan fingerprint density at radius 3 is 2.31 bits per heavy atom. The summed E-state index contributed by atoms with van der Waals surface area (Å²) >= 11 is 4.89. The zero-order chi connectivity index (χ0) is 11.3. The standard InChI is InChI=1S/C13H20OS.Na/c1-11-5-7-12(8-6-11)4-3-9-13(2,14)10-15;/h5-8,14-15H,3-4,9-10H2,1-2H3;/q;+1/p-1. The Bertz CT molecular complexity index is 295. The van der Waals surface area contributed by atoms with Crippen LogP contribution in [-0.4, -0.2) is 16.5 Å². The van der Waals surface area contributed by atoms with Crippen LogP contribution in [0.25, 0.3) is 0 Å². The van der Waals surface area contributed by atoms with Crippen LogP contribution in [0.5, 0.6) is 0 Å². The summed E-state index contributed by atoms with van der Waals surface area (Å²) in [6, 6.07) is 8.55. The average Bonchev–Trinajstić information content (AvgIpc) is 2.21. The molecule has 0 bridgehead atoms. The number of aryl methyl sites for hydroxylation is 2. The molecule has 1 N–H and O–H groups in total. The third kappa shape index (κ3) is 6.31. The number of hydrogen-bond acceptors (Lipinski definition) is 2. The smallest absolute Gasteiger partial charge is 0.790 e. The van der Waals surface area contributed by atoms with Crippen LogP contribution >= 0.6 is 0 Å². The van der Waals surface area contributed by atoms with Gasteiger partial charge in [-0.15, -0.1) is 5.75 Å². The van der Waals surface area contributed by atoms with E-state index in [1.165, 1.54) is 11.1 Å². The van der Waals surface area contributed by atoms with Gasteiger partial charge >= 0.3 is 29.6 Å². The third-order valence-corrected chi connectivity index (χ3v) is 3.23. The molecule has 1 aromatic carbocycles. The van der Waals surface area contributed by atoms with Crippen molar-refractivity contribution in [1.82, 2.24) is 0 Å². The summed E-state index contributed by atoms with van der Waals surface area (Å²) in [5, 5.41) is 9.74. The first-order valence-corrected chi connectivity index (χ1v) is 5.97. The maximum atomic E-state index is 9.74. The second-order valence-electron chi connectivity index (χ2n) is 4.48. The van der Waals surface area contributed by atoms with Gasteiger partial charge in [-0.25, -0.2) is 0 Å². The van der Waals surface area contributed by atoms with Crippen LogP contribution in [0, 0.1) is 6.92 Å². The molecule has 0 aliphatic rings. The van der Waals surface area contributed by atoms with Crippen molar-refractivity contribution in [1.29, 1.82) is 0 Å². The molecule has 1 aromatic rings. The van der Waals surface area contributed by atoms with Crippen LogP contribution in [0.4, 0.5) is 0 Å². The minimum atomic E-state index is -0.667. The van der Waals surface area contributed by atoms with Crippen molar-refractivity contribution in [2.75, 3.05) is 5.75 Å². The molecule has 0 aromatic heterocycles. The molecule has 0 spiro atoms. The first-order valence-electron chi connectivity index (χ1n) is 5.39. The van der Waals surface area contributed by atoms with Gasteiger partial charge in [-0.3, -0.25) is 0 Å². The molecule has 0 radical (unpaired) electrons. The van der Waals surface area contributed by atoms with Crippen molar-refractivity contribution in [3.63, 3.8) is 0 Å². The first-order chi connectivity index (χ1) is 7.03. The summed E-state index contributed by atoms with van der Waals surface area (Å²) in [5.74, 6) is 0.418. The van der Waals surface area contributed by atoms with E-state index in [0.717, 1.165) is 19.3 Å². The number of benzene rings is 1. The second-order valence-corrected chi connectivity index (χ2v) is 4.77. The van der Waals surface area contributed by atoms with Crippen molar-refractivity contribution in [3.8, 4) is 0 Å². The van der Waals surface area contributed by atoms with Crippen LogP contribution in [0.2, 0.25) is 0 Å². The Balaban J connectivity index is 0.00000225. The molecule has 1 nitrogen and oxygen atoms in total. The van der Waals surface area contributed by atoms with Crippen molar-refractivity contribution in [3.05, 3.63) is 35.4 Å². The van der Waals surface area contributed by atoms with Crippen LogP contribution in [0.1, 0.15) is 30.9 Å². The Kier molecular flexibility index (Phi) is 8.04. The quantitative estimate of drug-likeness (QED) is 0.564.